The van der Waals surface area contributed by atoms with Gasteiger partial charge in [0.25, 0.3) is 11.8 Å². The SMILES string of the molecule is COC(=O)NC(C(=O)N1CN(C(=O)c2ccccc2)C=C1C1NCC(c2ccc(Br)cc2)N1)C(C)C. The van der Waals surface area contributed by atoms with Crippen molar-refractivity contribution in [3.05, 3.63) is 82.1 Å². The first-order chi connectivity index (χ1) is 17.3. The van der Waals surface area contributed by atoms with Gasteiger partial charge in [-0.15, -0.1) is 0 Å². The second-order valence-electron chi connectivity index (χ2n) is 9.07. The molecule has 0 aliphatic carbocycles. The van der Waals surface area contributed by atoms with Gasteiger partial charge in [0.05, 0.1) is 12.8 Å². The average molecular weight is 556 g/mol. The van der Waals surface area contributed by atoms with Crippen LogP contribution < -0.4 is 16.0 Å². The van der Waals surface area contributed by atoms with Crippen LogP contribution in [0.15, 0.2) is 71.0 Å². The Morgan fingerprint density at radius 1 is 1.08 bits per heavy atom. The Morgan fingerprint density at radius 2 is 1.78 bits per heavy atom. The highest BCUT2D eigenvalue weighted by molar-refractivity contribution is 9.10. The van der Waals surface area contributed by atoms with Gasteiger partial charge < -0.3 is 10.1 Å². The van der Waals surface area contributed by atoms with E-state index >= 15 is 0 Å². The van der Waals surface area contributed by atoms with E-state index in [0.717, 1.165) is 10.0 Å². The van der Waals surface area contributed by atoms with Crippen molar-refractivity contribution in [2.45, 2.75) is 32.1 Å². The summed E-state index contributed by atoms with van der Waals surface area (Å²) in [6, 6.07) is 16.2. The molecule has 2 aliphatic rings. The molecular formula is C26H30BrN5O4. The molecule has 10 heteroatoms. The highest BCUT2D eigenvalue weighted by atomic mass is 79.9. The first-order valence-electron chi connectivity index (χ1n) is 11.8. The Kier molecular flexibility index (Phi) is 8.07. The number of nitrogens with one attached hydrogen (secondary N) is 3. The molecule has 0 saturated carbocycles. The topological polar surface area (TPSA) is 103 Å². The summed E-state index contributed by atoms with van der Waals surface area (Å²) < 4.78 is 5.73. The van der Waals surface area contributed by atoms with Gasteiger partial charge in [0.15, 0.2) is 0 Å². The fourth-order valence-electron chi connectivity index (χ4n) is 4.32. The molecule has 2 aromatic carbocycles. The van der Waals surface area contributed by atoms with Crippen molar-refractivity contribution in [1.29, 1.82) is 0 Å². The number of amides is 3. The normalized spacial score (nSPS) is 20.3. The number of methoxy groups -OCH3 is 1. The number of halogens is 1. The Bertz CT molecular complexity index is 1140. The molecule has 0 bridgehead atoms. The van der Waals surface area contributed by atoms with Crippen LogP contribution in [0.25, 0.3) is 0 Å². The maximum absolute atomic E-state index is 13.7. The third kappa shape index (κ3) is 5.61. The highest BCUT2D eigenvalue weighted by Crippen LogP contribution is 2.27. The number of ether oxygens (including phenoxy) is 1. The van der Waals surface area contributed by atoms with Crippen LogP contribution in [0.5, 0.6) is 0 Å². The van der Waals surface area contributed by atoms with Gasteiger partial charge in [-0.05, 0) is 35.7 Å². The van der Waals surface area contributed by atoms with Crippen molar-refractivity contribution in [2.75, 3.05) is 20.3 Å². The van der Waals surface area contributed by atoms with E-state index in [-0.39, 0.29) is 36.6 Å². The molecule has 4 rings (SSSR count). The van der Waals surface area contributed by atoms with Gasteiger partial charge in [0, 0.05) is 28.8 Å². The zero-order chi connectivity index (χ0) is 25.8. The third-order valence-corrected chi connectivity index (χ3v) is 6.82. The van der Waals surface area contributed by atoms with Crippen LogP contribution in [0.2, 0.25) is 0 Å². The molecule has 2 aromatic rings. The first-order valence-corrected chi connectivity index (χ1v) is 12.6. The van der Waals surface area contributed by atoms with Crippen molar-refractivity contribution < 1.29 is 19.1 Å². The minimum atomic E-state index is -0.823. The van der Waals surface area contributed by atoms with E-state index < -0.39 is 12.1 Å². The minimum Gasteiger partial charge on any atom is -0.453 e. The van der Waals surface area contributed by atoms with E-state index in [1.54, 1.807) is 35.4 Å². The molecule has 3 atom stereocenters. The summed E-state index contributed by atoms with van der Waals surface area (Å²) >= 11 is 3.46. The molecule has 2 aliphatic heterocycles. The van der Waals surface area contributed by atoms with Crippen LogP contribution in [0.3, 0.4) is 0 Å². The van der Waals surface area contributed by atoms with Crippen molar-refractivity contribution in [2.24, 2.45) is 5.92 Å². The minimum absolute atomic E-state index is 0.0221. The predicted molar refractivity (Wildman–Crippen MR) is 138 cm³/mol. The Hall–Kier alpha value is -3.21. The lowest BCUT2D eigenvalue weighted by atomic mass is 10.0. The Balaban J connectivity index is 1.61. The molecule has 0 aromatic heterocycles. The van der Waals surface area contributed by atoms with Crippen LogP contribution in [-0.4, -0.2) is 60.2 Å². The number of carbonyl (C=O) groups excluding carboxylic acids is 3. The summed E-state index contributed by atoms with van der Waals surface area (Å²) in [5.41, 5.74) is 2.24. The average Bonchev–Trinajstić information content (AvgIpc) is 3.55. The van der Waals surface area contributed by atoms with Gasteiger partial charge in [0.2, 0.25) is 0 Å². The number of hydrogen-bond acceptors (Lipinski definition) is 6. The smallest absolute Gasteiger partial charge is 0.407 e. The first kappa shape index (κ1) is 25.9. The van der Waals surface area contributed by atoms with E-state index in [2.05, 4.69) is 31.9 Å². The lowest BCUT2D eigenvalue weighted by Crippen LogP contribution is -2.53. The zero-order valence-corrected chi connectivity index (χ0v) is 22.0. The Labute approximate surface area is 219 Å². The van der Waals surface area contributed by atoms with Crippen LogP contribution in [0.1, 0.15) is 35.8 Å². The van der Waals surface area contributed by atoms with Crippen LogP contribution in [-0.2, 0) is 9.53 Å². The predicted octanol–water partition coefficient (Wildman–Crippen LogP) is 3.17. The van der Waals surface area contributed by atoms with Crippen LogP contribution >= 0.6 is 15.9 Å². The zero-order valence-electron chi connectivity index (χ0n) is 20.4. The molecule has 36 heavy (non-hydrogen) atoms. The summed E-state index contributed by atoms with van der Waals surface area (Å²) in [5, 5.41) is 9.61. The van der Waals surface area contributed by atoms with Gasteiger partial charge >= 0.3 is 6.09 Å². The van der Waals surface area contributed by atoms with Gasteiger partial charge in [-0.25, -0.2) is 4.79 Å². The van der Waals surface area contributed by atoms with Crippen LogP contribution in [0.4, 0.5) is 4.79 Å². The summed E-state index contributed by atoms with van der Waals surface area (Å²) in [4.78, 5) is 42.0. The number of carbonyl (C=O) groups is 3. The van der Waals surface area contributed by atoms with E-state index in [4.69, 9.17) is 4.74 Å². The standard InChI is InChI=1S/C26H30BrN5O4/c1-16(2)22(30-26(35)36-3)25(34)32-15-31(24(33)18-7-5-4-6-8-18)14-21(32)23-28-13-20(29-23)17-9-11-19(27)12-10-17/h4-12,14,16,20,22-23,28-29H,13,15H2,1-3H3,(H,30,35). The summed E-state index contributed by atoms with van der Waals surface area (Å²) in [5.74, 6) is -0.731. The lowest BCUT2D eigenvalue weighted by Gasteiger charge is -2.30. The lowest BCUT2D eigenvalue weighted by molar-refractivity contribution is -0.133. The van der Waals surface area contributed by atoms with Crippen molar-refractivity contribution in [1.82, 2.24) is 25.8 Å². The van der Waals surface area contributed by atoms with Crippen LogP contribution in [0, 0.1) is 5.92 Å². The third-order valence-electron chi connectivity index (χ3n) is 6.29. The highest BCUT2D eigenvalue weighted by Gasteiger charge is 2.40. The second-order valence-corrected chi connectivity index (χ2v) is 9.99. The number of nitrogens with zero attached hydrogens (tertiary/aromatic N) is 2. The van der Waals surface area contributed by atoms with Crippen molar-refractivity contribution in [3.63, 3.8) is 0 Å². The Morgan fingerprint density at radius 3 is 2.42 bits per heavy atom. The maximum Gasteiger partial charge on any atom is 0.407 e. The molecule has 3 N–H and O–H groups in total. The fraction of sp³-hybridized carbons (Fsp3) is 0.346. The van der Waals surface area contributed by atoms with E-state index in [0.29, 0.717) is 17.8 Å². The number of alkyl carbamates (subject to hydrolysis) is 1. The monoisotopic (exact) mass is 555 g/mol. The van der Waals surface area contributed by atoms with Crippen molar-refractivity contribution >= 4 is 33.8 Å². The second kappa shape index (κ2) is 11.2. The number of benzene rings is 2. The number of hydrogen-bond donors (Lipinski definition) is 3. The summed E-state index contributed by atoms with van der Waals surface area (Å²) in [6.07, 6.45) is 0.649. The maximum atomic E-state index is 13.7. The molecule has 1 fully saturated rings. The van der Waals surface area contributed by atoms with E-state index in [1.807, 2.05) is 44.2 Å². The quantitative estimate of drug-likeness (QED) is 0.506. The summed E-state index contributed by atoms with van der Waals surface area (Å²) in [7, 11) is 1.26. The molecule has 1 saturated heterocycles. The van der Waals surface area contributed by atoms with Gasteiger partial charge in [0.1, 0.15) is 18.9 Å². The fourth-order valence-corrected chi connectivity index (χ4v) is 4.59. The molecule has 9 nitrogen and oxygen atoms in total. The molecule has 3 amide bonds. The molecule has 3 unspecified atom stereocenters. The molecule has 2 heterocycles. The van der Waals surface area contributed by atoms with Gasteiger partial charge in [-0.3, -0.25) is 30.0 Å². The number of rotatable bonds is 6. The van der Waals surface area contributed by atoms with E-state index in [1.165, 1.54) is 12.0 Å². The van der Waals surface area contributed by atoms with Gasteiger partial charge in [-0.2, -0.15) is 0 Å². The van der Waals surface area contributed by atoms with E-state index in [9.17, 15) is 14.4 Å². The van der Waals surface area contributed by atoms with Crippen molar-refractivity contribution in [3.8, 4) is 0 Å². The molecule has 0 radical (unpaired) electrons. The molecule has 190 valence electrons. The largest absolute Gasteiger partial charge is 0.453 e. The van der Waals surface area contributed by atoms with Gasteiger partial charge in [-0.1, -0.05) is 60.1 Å². The summed E-state index contributed by atoms with van der Waals surface area (Å²) in [6.45, 7) is 4.38. The molecule has 0 spiro atoms. The molecular weight excluding hydrogens is 526 g/mol.